The van der Waals surface area contributed by atoms with Gasteiger partial charge < -0.3 is 19.3 Å². The van der Waals surface area contributed by atoms with E-state index in [1.165, 1.54) is 0 Å². The number of rotatable bonds is 5. The van der Waals surface area contributed by atoms with Crippen LogP contribution in [0.15, 0.2) is 24.3 Å². The van der Waals surface area contributed by atoms with Gasteiger partial charge in [0.2, 0.25) is 5.91 Å². The van der Waals surface area contributed by atoms with Crippen LogP contribution in [0.3, 0.4) is 0 Å². The minimum absolute atomic E-state index is 0.0321. The van der Waals surface area contributed by atoms with E-state index in [-0.39, 0.29) is 18.1 Å². The minimum Gasteiger partial charge on any atom is -0.493 e. The Morgan fingerprint density at radius 2 is 1.65 bits per heavy atom. The number of hydrogen-bond acceptors (Lipinski definition) is 5. The molecule has 1 unspecified atom stereocenters. The summed E-state index contributed by atoms with van der Waals surface area (Å²) in [4.78, 5) is 19.5. The van der Waals surface area contributed by atoms with Crippen LogP contribution in [0.25, 0.3) is 0 Å². The van der Waals surface area contributed by atoms with E-state index in [0.717, 1.165) is 63.6 Å². The Morgan fingerprint density at radius 1 is 1.04 bits per heavy atom. The average Bonchev–Trinajstić information content (AvgIpc) is 2.68. The van der Waals surface area contributed by atoms with Crippen LogP contribution in [0.2, 0.25) is 0 Å². The van der Waals surface area contributed by atoms with Gasteiger partial charge in [-0.05, 0) is 26.1 Å². The molecule has 6 nitrogen and oxygen atoms in total. The van der Waals surface area contributed by atoms with Crippen LogP contribution in [0.1, 0.15) is 19.8 Å². The van der Waals surface area contributed by atoms with E-state index >= 15 is 0 Å². The first-order valence-corrected chi connectivity index (χ1v) is 9.59. The highest BCUT2D eigenvalue weighted by Gasteiger charge is 2.31. The molecule has 0 aliphatic carbocycles. The molecule has 0 aromatic heterocycles. The summed E-state index contributed by atoms with van der Waals surface area (Å²) in [7, 11) is 3.79. The molecule has 0 spiro atoms. The number of carbonyl (C=O) groups is 1. The van der Waals surface area contributed by atoms with Crippen LogP contribution in [0.5, 0.6) is 11.5 Å². The van der Waals surface area contributed by atoms with Crippen LogP contribution in [-0.4, -0.2) is 86.2 Å². The molecule has 3 rings (SSSR count). The zero-order valence-corrected chi connectivity index (χ0v) is 16.2. The van der Waals surface area contributed by atoms with Gasteiger partial charge in [0.15, 0.2) is 11.5 Å². The first-order chi connectivity index (χ1) is 12.6. The summed E-state index contributed by atoms with van der Waals surface area (Å²) in [5.41, 5.74) is 0. The Hall–Kier alpha value is -1.79. The summed E-state index contributed by atoms with van der Waals surface area (Å²) in [5, 5.41) is 0. The lowest BCUT2D eigenvalue weighted by molar-refractivity contribution is -0.138. The van der Waals surface area contributed by atoms with Gasteiger partial charge in [-0.15, -0.1) is 0 Å². The highest BCUT2D eigenvalue weighted by atomic mass is 16.5. The average molecular weight is 361 g/mol. The molecule has 1 aromatic carbocycles. The van der Waals surface area contributed by atoms with Crippen LogP contribution in [0, 0.1) is 0 Å². The SMILES string of the molecule is COc1ccccc1OC1CCN(C(=O)C(C)N2CCN(C)CC2)CC1. The van der Waals surface area contributed by atoms with Crippen molar-refractivity contribution in [3.8, 4) is 11.5 Å². The quantitative estimate of drug-likeness (QED) is 0.799. The molecule has 6 heteroatoms. The number of likely N-dealkylation sites (tertiary alicyclic amines) is 1. The molecule has 144 valence electrons. The third-order valence-corrected chi connectivity index (χ3v) is 5.56. The zero-order valence-electron chi connectivity index (χ0n) is 16.2. The summed E-state index contributed by atoms with van der Waals surface area (Å²) in [6.45, 7) is 7.57. The van der Waals surface area contributed by atoms with Crippen LogP contribution in [-0.2, 0) is 4.79 Å². The second-order valence-electron chi connectivity index (χ2n) is 7.31. The highest BCUT2D eigenvalue weighted by Crippen LogP contribution is 2.29. The van der Waals surface area contributed by atoms with Gasteiger partial charge in [-0.25, -0.2) is 0 Å². The zero-order chi connectivity index (χ0) is 18.5. The lowest BCUT2D eigenvalue weighted by Gasteiger charge is -2.39. The molecule has 0 saturated carbocycles. The molecule has 0 radical (unpaired) electrons. The van der Waals surface area contributed by atoms with E-state index in [9.17, 15) is 4.79 Å². The molecule has 26 heavy (non-hydrogen) atoms. The van der Waals surface area contributed by atoms with Gasteiger partial charge in [0, 0.05) is 52.1 Å². The third kappa shape index (κ3) is 4.48. The maximum atomic E-state index is 12.9. The number of amides is 1. The van der Waals surface area contributed by atoms with Gasteiger partial charge in [0.25, 0.3) is 0 Å². The fourth-order valence-corrected chi connectivity index (χ4v) is 3.72. The Kier molecular flexibility index (Phi) is 6.38. The van der Waals surface area contributed by atoms with Crippen molar-refractivity contribution in [3.63, 3.8) is 0 Å². The number of piperidine rings is 1. The molecule has 1 amide bonds. The lowest BCUT2D eigenvalue weighted by Crippen LogP contribution is -2.55. The summed E-state index contributed by atoms with van der Waals surface area (Å²) >= 11 is 0. The number of nitrogens with zero attached hydrogens (tertiary/aromatic N) is 3. The van der Waals surface area contributed by atoms with Gasteiger partial charge in [0.05, 0.1) is 13.2 Å². The Morgan fingerprint density at radius 3 is 2.27 bits per heavy atom. The van der Waals surface area contributed by atoms with Crippen molar-refractivity contribution in [3.05, 3.63) is 24.3 Å². The molecule has 2 aliphatic heterocycles. The van der Waals surface area contributed by atoms with Crippen molar-refractivity contribution < 1.29 is 14.3 Å². The van der Waals surface area contributed by atoms with Gasteiger partial charge in [0.1, 0.15) is 6.10 Å². The van der Waals surface area contributed by atoms with E-state index in [2.05, 4.69) is 16.8 Å². The normalized spacial score (nSPS) is 21.4. The van der Waals surface area contributed by atoms with E-state index in [4.69, 9.17) is 9.47 Å². The second-order valence-corrected chi connectivity index (χ2v) is 7.31. The summed E-state index contributed by atoms with van der Waals surface area (Å²) in [6, 6.07) is 7.70. The van der Waals surface area contributed by atoms with Gasteiger partial charge in [-0.1, -0.05) is 12.1 Å². The molecular weight excluding hydrogens is 330 g/mol. The number of hydrogen-bond donors (Lipinski definition) is 0. The molecule has 1 atom stereocenters. The van der Waals surface area contributed by atoms with Crippen LogP contribution < -0.4 is 9.47 Å². The van der Waals surface area contributed by atoms with Gasteiger partial charge >= 0.3 is 0 Å². The Bertz CT molecular complexity index is 594. The fourth-order valence-electron chi connectivity index (χ4n) is 3.72. The molecule has 1 aromatic rings. The van der Waals surface area contributed by atoms with Gasteiger partial charge in [-0.2, -0.15) is 0 Å². The van der Waals surface area contributed by atoms with E-state index in [1.54, 1.807) is 7.11 Å². The van der Waals surface area contributed by atoms with Crippen LogP contribution >= 0.6 is 0 Å². The first kappa shape index (κ1) is 19.0. The number of likely N-dealkylation sites (N-methyl/N-ethyl adjacent to an activating group) is 1. The first-order valence-electron chi connectivity index (χ1n) is 9.59. The highest BCUT2D eigenvalue weighted by molar-refractivity contribution is 5.81. The van der Waals surface area contributed by atoms with Crippen molar-refractivity contribution in [2.45, 2.75) is 31.9 Å². The molecule has 0 bridgehead atoms. The molecule has 0 N–H and O–H groups in total. The lowest BCUT2D eigenvalue weighted by atomic mass is 10.1. The smallest absolute Gasteiger partial charge is 0.239 e. The molecular formula is C20H31N3O3. The van der Waals surface area contributed by atoms with Gasteiger partial charge in [-0.3, -0.25) is 9.69 Å². The molecule has 2 fully saturated rings. The fraction of sp³-hybridized carbons (Fsp3) is 0.650. The number of ether oxygens (including phenoxy) is 2. The van der Waals surface area contributed by atoms with Crippen molar-refractivity contribution >= 4 is 5.91 Å². The predicted molar refractivity (Wildman–Crippen MR) is 102 cm³/mol. The summed E-state index contributed by atoms with van der Waals surface area (Å²) in [6.07, 6.45) is 1.85. The summed E-state index contributed by atoms with van der Waals surface area (Å²) < 4.78 is 11.5. The van der Waals surface area contributed by atoms with Crippen molar-refractivity contribution in [2.75, 3.05) is 53.4 Å². The van der Waals surface area contributed by atoms with Crippen molar-refractivity contribution in [1.82, 2.24) is 14.7 Å². The third-order valence-electron chi connectivity index (χ3n) is 5.56. The molecule has 2 saturated heterocycles. The van der Waals surface area contributed by atoms with E-state index in [0.29, 0.717) is 0 Å². The molecule has 2 heterocycles. The number of para-hydroxylation sites is 2. The number of benzene rings is 1. The topological polar surface area (TPSA) is 45.3 Å². The maximum absolute atomic E-state index is 12.9. The predicted octanol–water partition coefficient (Wildman–Crippen LogP) is 1.70. The number of piperazine rings is 1. The van der Waals surface area contributed by atoms with Crippen molar-refractivity contribution in [1.29, 1.82) is 0 Å². The Labute approximate surface area is 156 Å². The molecule has 2 aliphatic rings. The van der Waals surface area contributed by atoms with E-state index < -0.39 is 0 Å². The van der Waals surface area contributed by atoms with E-state index in [1.807, 2.05) is 36.1 Å². The number of methoxy groups -OCH3 is 1. The largest absolute Gasteiger partial charge is 0.493 e. The van der Waals surface area contributed by atoms with Crippen molar-refractivity contribution in [2.24, 2.45) is 0 Å². The second kappa shape index (κ2) is 8.73. The minimum atomic E-state index is -0.0321. The maximum Gasteiger partial charge on any atom is 0.239 e. The standard InChI is InChI=1S/C20H31N3O3/c1-16(22-14-12-21(2)13-15-22)20(24)23-10-8-17(9-11-23)26-19-7-5-4-6-18(19)25-3/h4-7,16-17H,8-15H2,1-3H3. The number of carbonyl (C=O) groups excluding carboxylic acids is 1. The van der Waals surface area contributed by atoms with Crippen LogP contribution in [0.4, 0.5) is 0 Å². The Balaban J connectivity index is 1.49. The summed E-state index contributed by atoms with van der Waals surface area (Å²) in [5.74, 6) is 1.80. The monoisotopic (exact) mass is 361 g/mol.